The molecule has 2 N–H and O–H groups in total. The normalized spacial score (nSPS) is 16.1. The van der Waals surface area contributed by atoms with E-state index in [1.165, 1.54) is 6.92 Å². The molecule has 1 fully saturated rings. The standard InChI is InChI=1S/C23H47FN4O6/c1-3-25-4-11-30-14-16-32-18-19-33-17-15-31-12-9-27-5-7-28(8-6-27)10-13-34-21-23(24)20-26-22(2)29/h23,25H,3-21H2,1-2H3,(H,26,29). The van der Waals surface area contributed by atoms with Crippen molar-refractivity contribution in [1.29, 1.82) is 0 Å². The van der Waals surface area contributed by atoms with Gasteiger partial charge in [0.05, 0.1) is 72.6 Å². The fourth-order valence-electron chi connectivity index (χ4n) is 3.23. The molecule has 0 radical (unpaired) electrons. The number of carbonyl (C=O) groups is 1. The predicted octanol–water partition coefficient (Wildman–Crippen LogP) is -0.229. The summed E-state index contributed by atoms with van der Waals surface area (Å²) in [5.74, 6) is -0.228. The highest BCUT2D eigenvalue weighted by molar-refractivity contribution is 5.72. The van der Waals surface area contributed by atoms with Gasteiger partial charge in [0.15, 0.2) is 0 Å². The Morgan fingerprint density at radius 3 is 1.76 bits per heavy atom. The highest BCUT2D eigenvalue weighted by atomic mass is 19.1. The van der Waals surface area contributed by atoms with E-state index in [4.69, 9.17) is 23.7 Å². The third-order valence-electron chi connectivity index (χ3n) is 5.23. The van der Waals surface area contributed by atoms with Gasteiger partial charge in [-0.15, -0.1) is 0 Å². The van der Waals surface area contributed by atoms with Crippen LogP contribution in [0.25, 0.3) is 0 Å². The molecule has 0 spiro atoms. The maximum Gasteiger partial charge on any atom is 0.216 e. The summed E-state index contributed by atoms with van der Waals surface area (Å²) in [4.78, 5) is 15.5. The van der Waals surface area contributed by atoms with Crippen molar-refractivity contribution in [1.82, 2.24) is 20.4 Å². The van der Waals surface area contributed by atoms with E-state index >= 15 is 0 Å². The zero-order valence-electron chi connectivity index (χ0n) is 21.2. The molecular formula is C23H47FN4O6. The highest BCUT2D eigenvalue weighted by Crippen LogP contribution is 2.02. The first-order valence-electron chi connectivity index (χ1n) is 12.5. The third kappa shape index (κ3) is 19.4. The summed E-state index contributed by atoms with van der Waals surface area (Å²) in [7, 11) is 0. The van der Waals surface area contributed by atoms with E-state index in [2.05, 4.69) is 27.4 Å². The predicted molar refractivity (Wildman–Crippen MR) is 129 cm³/mol. The summed E-state index contributed by atoms with van der Waals surface area (Å²) < 4.78 is 41.0. The Bertz CT molecular complexity index is 473. The van der Waals surface area contributed by atoms with E-state index in [1.807, 2.05) is 0 Å². The van der Waals surface area contributed by atoms with Gasteiger partial charge < -0.3 is 34.3 Å². The number of halogens is 1. The van der Waals surface area contributed by atoms with Gasteiger partial charge in [0.1, 0.15) is 6.17 Å². The fourth-order valence-corrected chi connectivity index (χ4v) is 3.23. The van der Waals surface area contributed by atoms with Crippen molar-refractivity contribution in [2.24, 2.45) is 0 Å². The maximum absolute atomic E-state index is 13.5. The average molecular weight is 495 g/mol. The molecule has 202 valence electrons. The van der Waals surface area contributed by atoms with E-state index in [0.717, 1.165) is 52.4 Å². The van der Waals surface area contributed by atoms with Crippen LogP contribution in [-0.2, 0) is 28.5 Å². The average Bonchev–Trinajstić information content (AvgIpc) is 2.83. The number of alkyl halides is 1. The van der Waals surface area contributed by atoms with Crippen molar-refractivity contribution in [2.75, 3.05) is 125 Å². The molecule has 0 aromatic rings. The first-order chi connectivity index (χ1) is 16.6. The zero-order chi connectivity index (χ0) is 24.7. The Morgan fingerprint density at radius 1 is 0.794 bits per heavy atom. The molecule has 11 heteroatoms. The van der Waals surface area contributed by atoms with Crippen LogP contribution >= 0.6 is 0 Å². The topological polar surface area (TPSA) is 93.8 Å². The van der Waals surface area contributed by atoms with Gasteiger partial charge in [-0.3, -0.25) is 14.6 Å². The number of hydrogen-bond acceptors (Lipinski definition) is 9. The number of nitrogens with zero attached hydrogens (tertiary/aromatic N) is 2. The lowest BCUT2D eigenvalue weighted by Gasteiger charge is -2.34. The number of nitrogens with one attached hydrogen (secondary N) is 2. The summed E-state index contributed by atoms with van der Waals surface area (Å²) in [6.45, 7) is 16.3. The molecule has 0 bridgehead atoms. The van der Waals surface area contributed by atoms with Crippen LogP contribution in [0.2, 0.25) is 0 Å². The van der Waals surface area contributed by atoms with E-state index in [9.17, 15) is 9.18 Å². The molecule has 10 nitrogen and oxygen atoms in total. The molecule has 34 heavy (non-hydrogen) atoms. The lowest BCUT2D eigenvalue weighted by atomic mass is 10.3. The molecule has 1 unspecified atom stereocenters. The van der Waals surface area contributed by atoms with Crippen molar-refractivity contribution in [3.8, 4) is 0 Å². The number of hydrogen-bond donors (Lipinski definition) is 2. The molecule has 1 amide bonds. The number of rotatable bonds is 23. The summed E-state index contributed by atoms with van der Waals surface area (Å²) in [6.07, 6.45) is -1.16. The lowest BCUT2D eigenvalue weighted by Crippen LogP contribution is -2.48. The Labute approximate surface area is 204 Å². The SMILES string of the molecule is CCNCCOCCOCCOCCOCCN1CCN(CCOCC(F)CNC(C)=O)CC1. The first kappa shape index (κ1) is 31.1. The number of amides is 1. The molecule has 0 saturated carbocycles. The minimum atomic E-state index is -1.16. The molecule has 1 saturated heterocycles. The van der Waals surface area contributed by atoms with Crippen LogP contribution in [0.3, 0.4) is 0 Å². The number of likely N-dealkylation sites (N-methyl/N-ethyl adjacent to an activating group) is 1. The van der Waals surface area contributed by atoms with E-state index in [0.29, 0.717) is 59.5 Å². The largest absolute Gasteiger partial charge is 0.378 e. The molecule has 0 aromatic carbocycles. The van der Waals surface area contributed by atoms with Crippen LogP contribution in [0.5, 0.6) is 0 Å². The first-order valence-corrected chi connectivity index (χ1v) is 12.5. The summed E-state index contributed by atoms with van der Waals surface area (Å²) in [6, 6.07) is 0. The smallest absolute Gasteiger partial charge is 0.216 e. The molecule has 1 rings (SSSR count). The van der Waals surface area contributed by atoms with Gasteiger partial charge in [-0.05, 0) is 6.54 Å². The van der Waals surface area contributed by atoms with Crippen LogP contribution in [-0.4, -0.2) is 147 Å². The van der Waals surface area contributed by atoms with Gasteiger partial charge in [-0.1, -0.05) is 6.92 Å². The lowest BCUT2D eigenvalue weighted by molar-refractivity contribution is -0.119. The third-order valence-corrected chi connectivity index (χ3v) is 5.23. The second kappa shape index (κ2) is 22.5. The van der Waals surface area contributed by atoms with E-state index in [-0.39, 0.29) is 19.1 Å². The fraction of sp³-hybridized carbons (Fsp3) is 0.957. The Hall–Kier alpha value is -0.920. The van der Waals surface area contributed by atoms with Crippen LogP contribution in [0, 0.1) is 0 Å². The van der Waals surface area contributed by atoms with Gasteiger partial charge >= 0.3 is 0 Å². The molecule has 1 aliphatic rings. The Morgan fingerprint density at radius 2 is 1.26 bits per heavy atom. The quantitative estimate of drug-likeness (QED) is 0.187. The second-order valence-electron chi connectivity index (χ2n) is 8.10. The summed E-state index contributed by atoms with van der Waals surface area (Å²) in [5.41, 5.74) is 0. The van der Waals surface area contributed by atoms with Crippen LogP contribution in [0.4, 0.5) is 4.39 Å². The molecular weight excluding hydrogens is 447 g/mol. The summed E-state index contributed by atoms with van der Waals surface area (Å²) >= 11 is 0. The van der Waals surface area contributed by atoms with Gasteiger partial charge in [0.2, 0.25) is 5.91 Å². The second-order valence-corrected chi connectivity index (χ2v) is 8.10. The van der Waals surface area contributed by atoms with Gasteiger partial charge in [-0.25, -0.2) is 4.39 Å². The van der Waals surface area contributed by atoms with Gasteiger partial charge in [0, 0.05) is 52.7 Å². The van der Waals surface area contributed by atoms with Crippen molar-refractivity contribution in [3.05, 3.63) is 0 Å². The molecule has 0 aliphatic carbocycles. The zero-order valence-corrected chi connectivity index (χ0v) is 21.2. The minimum absolute atomic E-state index is 0.00412. The molecule has 0 aromatic heterocycles. The Balaban J connectivity index is 1.81. The van der Waals surface area contributed by atoms with Crippen molar-refractivity contribution >= 4 is 5.91 Å². The minimum Gasteiger partial charge on any atom is -0.378 e. The summed E-state index contributed by atoms with van der Waals surface area (Å²) in [5, 5.41) is 5.65. The number of ether oxygens (including phenoxy) is 5. The number of carbonyl (C=O) groups excluding carboxylic acids is 1. The van der Waals surface area contributed by atoms with E-state index < -0.39 is 6.17 Å². The highest BCUT2D eigenvalue weighted by Gasteiger charge is 2.16. The van der Waals surface area contributed by atoms with Crippen molar-refractivity contribution in [2.45, 2.75) is 20.0 Å². The van der Waals surface area contributed by atoms with Crippen LogP contribution in [0.15, 0.2) is 0 Å². The number of piperazine rings is 1. The Kier molecular flexibility index (Phi) is 20.6. The van der Waals surface area contributed by atoms with Crippen LogP contribution < -0.4 is 10.6 Å². The van der Waals surface area contributed by atoms with Gasteiger partial charge in [-0.2, -0.15) is 0 Å². The molecule has 1 aliphatic heterocycles. The molecule has 1 atom stereocenters. The van der Waals surface area contributed by atoms with Crippen LogP contribution in [0.1, 0.15) is 13.8 Å². The maximum atomic E-state index is 13.5. The van der Waals surface area contributed by atoms with E-state index in [1.54, 1.807) is 0 Å². The molecule has 1 heterocycles. The van der Waals surface area contributed by atoms with Crippen molar-refractivity contribution < 1.29 is 32.9 Å². The van der Waals surface area contributed by atoms with Crippen molar-refractivity contribution in [3.63, 3.8) is 0 Å². The monoisotopic (exact) mass is 494 g/mol. The van der Waals surface area contributed by atoms with Gasteiger partial charge in [0.25, 0.3) is 0 Å².